The van der Waals surface area contributed by atoms with Crippen molar-refractivity contribution in [3.05, 3.63) is 137 Å². The summed E-state index contributed by atoms with van der Waals surface area (Å²) in [6.07, 6.45) is 2.38. The van der Waals surface area contributed by atoms with Crippen LogP contribution in [-0.2, 0) is 63.9 Å². The van der Waals surface area contributed by atoms with Gasteiger partial charge in [-0.15, -0.1) is 0 Å². The van der Waals surface area contributed by atoms with Crippen molar-refractivity contribution in [1.29, 1.82) is 0 Å². The molecule has 1 aromatic heterocycles. The van der Waals surface area contributed by atoms with Gasteiger partial charge in [-0.3, -0.25) is 34.1 Å². The van der Waals surface area contributed by atoms with Crippen LogP contribution in [-0.4, -0.2) is 107 Å². The summed E-state index contributed by atoms with van der Waals surface area (Å²) in [6, 6.07) is 24.2. The molecule has 2 heterocycles. The summed E-state index contributed by atoms with van der Waals surface area (Å²) < 4.78 is 7.48. The Morgan fingerprint density at radius 3 is 2.10 bits per heavy atom. The van der Waals surface area contributed by atoms with Crippen LogP contribution in [0.15, 0.2) is 109 Å². The number of aliphatic carboxylic acids is 1. The van der Waals surface area contributed by atoms with Crippen LogP contribution in [0.3, 0.4) is 0 Å². The van der Waals surface area contributed by atoms with Gasteiger partial charge in [0.05, 0.1) is 24.8 Å². The number of nitrogens with one attached hydrogen (secondary N) is 6. The molecule has 4 aromatic carbocycles. The highest BCUT2D eigenvalue weighted by molar-refractivity contribution is 5.99. The quantitative estimate of drug-likeness (QED) is 0.0300. The number of amides is 7. The molecule has 80 heavy (non-hydrogen) atoms. The van der Waals surface area contributed by atoms with E-state index in [2.05, 4.69) is 43.7 Å². The first-order valence-electron chi connectivity index (χ1n) is 26.4. The number of fused-ring (bicyclic) bond motifs is 3. The molecule has 422 valence electrons. The lowest BCUT2D eigenvalue weighted by atomic mass is 9.76. The zero-order valence-corrected chi connectivity index (χ0v) is 47.3. The number of para-hydroxylation sites is 1. The fourth-order valence-corrected chi connectivity index (χ4v) is 9.32. The van der Waals surface area contributed by atoms with Gasteiger partial charge in [-0.25, -0.2) is 9.59 Å². The van der Waals surface area contributed by atoms with E-state index in [0.29, 0.717) is 28.2 Å². The second-order valence-corrected chi connectivity index (χ2v) is 21.9. The van der Waals surface area contributed by atoms with Crippen molar-refractivity contribution >= 4 is 75.5 Å². The Morgan fingerprint density at radius 1 is 0.787 bits per heavy atom. The molecule has 3 atom stereocenters. The molecular weight excluding hydrogens is 1020 g/mol. The van der Waals surface area contributed by atoms with Gasteiger partial charge in [-0.05, 0) is 90.5 Å². The minimum atomic E-state index is -1.08. The first-order valence-corrected chi connectivity index (χ1v) is 26.4. The Morgan fingerprint density at radius 2 is 1.44 bits per heavy atom. The number of anilines is 3. The van der Waals surface area contributed by atoms with Gasteiger partial charge in [0, 0.05) is 84.1 Å². The average Bonchev–Trinajstić information content (AvgIpc) is 3.94. The lowest BCUT2D eigenvalue weighted by molar-refractivity contribution is -0.139. The maximum absolute atomic E-state index is 14.2. The molecule has 0 saturated heterocycles. The summed E-state index contributed by atoms with van der Waals surface area (Å²) in [4.78, 5) is 109. The summed E-state index contributed by atoms with van der Waals surface area (Å²) in [5.74, 6) is 2.32. The third-order valence-electron chi connectivity index (χ3n) is 14.0. The van der Waals surface area contributed by atoms with E-state index in [-0.39, 0.29) is 62.4 Å². The van der Waals surface area contributed by atoms with E-state index in [1.807, 2.05) is 107 Å². The van der Waals surface area contributed by atoms with Gasteiger partial charge in [0.2, 0.25) is 35.4 Å². The molecule has 7 N–H and O–H groups in total. The topological polar surface area (TPSA) is 250 Å². The van der Waals surface area contributed by atoms with Crippen molar-refractivity contribution in [3.63, 3.8) is 0 Å². The number of benzene rings is 4. The number of nitrogens with zero attached hydrogens (tertiary/aromatic N) is 3. The second-order valence-electron chi connectivity index (χ2n) is 21.9. The highest BCUT2D eigenvalue weighted by Gasteiger charge is 2.42. The molecule has 0 bridgehead atoms. The van der Waals surface area contributed by atoms with Crippen molar-refractivity contribution in [2.75, 3.05) is 42.7 Å². The molecule has 7 amide bonds. The number of hydrogen-bond donors (Lipinski definition) is 7. The minimum Gasteiger partial charge on any atom is -0.478 e. The predicted molar refractivity (Wildman–Crippen MR) is 307 cm³/mol. The monoisotopic (exact) mass is 1090 g/mol. The van der Waals surface area contributed by atoms with Crippen LogP contribution in [0.2, 0.25) is 0 Å². The number of hydrogen-bond acceptors (Lipinski definition) is 10. The zero-order valence-electron chi connectivity index (χ0n) is 47.3. The number of aryl methyl sites for hydroxylation is 1. The summed E-state index contributed by atoms with van der Waals surface area (Å²) in [5, 5.41) is 27.0. The summed E-state index contributed by atoms with van der Waals surface area (Å²) >= 11 is 0. The molecule has 19 heteroatoms. The fraction of sp³-hybridized carbons (Fsp3) is 0.377. The molecular formula is C61H73N9O10. The van der Waals surface area contributed by atoms with Gasteiger partial charge in [0.15, 0.2) is 0 Å². The normalized spacial score (nSPS) is 13.4. The molecule has 0 aliphatic carbocycles. The molecule has 1 aliphatic rings. The van der Waals surface area contributed by atoms with Crippen LogP contribution in [0.4, 0.5) is 21.9 Å². The standard InChI is InChI=1S/C61H73N9O10/c1-37(2)52(66-49(71)28-29-51(73)70-34-42-18-13-12-16-40(42)22-23-41-17-14-15-19-47(41)70)55(74)63-33-50(72)64-43-24-20-39(21-25-43)36-80-59(79)65-44-26-27-48-45(32-44)46(35-69(48)11)61(7,8)53(62-9)56(75)67-54(60(4,5)6)57(76)68(10)31-30-38(3)58(77)78/h12-21,24-27,30,32,35,37,52-54,62H,28-29,31,33-34,36H2,1-11H3,(H,63,74)(H,64,72)(H,65,79)(H,66,71)(H,67,75)(H,77,78)/b38-30+. The van der Waals surface area contributed by atoms with E-state index in [0.717, 1.165) is 27.6 Å². The van der Waals surface area contributed by atoms with Gasteiger partial charge in [-0.1, -0.05) is 109 Å². The number of aromatic nitrogens is 1. The largest absolute Gasteiger partial charge is 0.478 e. The van der Waals surface area contributed by atoms with E-state index >= 15 is 0 Å². The van der Waals surface area contributed by atoms with Crippen LogP contribution in [0.25, 0.3) is 10.9 Å². The van der Waals surface area contributed by atoms with Gasteiger partial charge in [0.25, 0.3) is 0 Å². The Kier molecular flexibility index (Phi) is 19.8. The lowest BCUT2D eigenvalue weighted by Gasteiger charge is -2.38. The van der Waals surface area contributed by atoms with Gasteiger partial charge in [0.1, 0.15) is 18.7 Å². The lowest BCUT2D eigenvalue weighted by Crippen LogP contribution is -2.60. The van der Waals surface area contributed by atoms with Gasteiger partial charge < -0.3 is 50.8 Å². The average molecular weight is 1090 g/mol. The van der Waals surface area contributed by atoms with E-state index in [4.69, 9.17) is 4.74 Å². The van der Waals surface area contributed by atoms with Crippen LogP contribution < -0.4 is 36.8 Å². The predicted octanol–water partition coefficient (Wildman–Crippen LogP) is 6.74. The first kappa shape index (κ1) is 60.5. The fourth-order valence-electron chi connectivity index (χ4n) is 9.32. The van der Waals surface area contributed by atoms with E-state index in [1.54, 1.807) is 69.2 Å². The van der Waals surface area contributed by atoms with Crippen molar-refractivity contribution in [1.82, 2.24) is 30.7 Å². The molecule has 0 fully saturated rings. The second kappa shape index (κ2) is 26.3. The number of carboxylic acids is 1. The van der Waals surface area contributed by atoms with Crippen molar-refractivity contribution in [3.8, 4) is 11.8 Å². The number of likely N-dealkylation sites (N-methyl/N-ethyl adjacent to an activating group) is 2. The summed E-state index contributed by atoms with van der Waals surface area (Å²) in [7, 11) is 5.11. The van der Waals surface area contributed by atoms with Crippen LogP contribution in [0, 0.1) is 23.2 Å². The number of carboxylic acid groups (broad SMARTS) is 1. The third-order valence-corrected chi connectivity index (χ3v) is 14.0. The van der Waals surface area contributed by atoms with Crippen molar-refractivity contribution < 1.29 is 48.2 Å². The van der Waals surface area contributed by atoms with Gasteiger partial charge in [-0.2, -0.15) is 0 Å². The van der Waals surface area contributed by atoms with Crippen molar-refractivity contribution in [2.24, 2.45) is 18.4 Å². The minimum absolute atomic E-state index is 0.0472. The Labute approximate surface area is 467 Å². The smallest absolute Gasteiger partial charge is 0.411 e. The number of ether oxygens (including phenoxy) is 1. The van der Waals surface area contributed by atoms with Crippen LogP contribution in [0.1, 0.15) is 96.0 Å². The Hall–Kier alpha value is -8.76. The number of carbonyl (C=O) groups excluding carboxylic acids is 7. The number of rotatable bonds is 21. The molecule has 3 unspecified atom stereocenters. The third kappa shape index (κ3) is 15.3. The molecule has 1 aliphatic heterocycles. The number of carbonyl (C=O) groups is 8. The van der Waals surface area contributed by atoms with E-state index < -0.39 is 64.6 Å². The molecule has 0 spiro atoms. The summed E-state index contributed by atoms with van der Waals surface area (Å²) in [6.45, 7) is 14.2. The van der Waals surface area contributed by atoms with E-state index in [1.165, 1.54) is 17.9 Å². The van der Waals surface area contributed by atoms with Crippen LogP contribution in [0.5, 0.6) is 0 Å². The molecule has 19 nitrogen and oxygen atoms in total. The Bertz CT molecular complexity index is 3250. The highest BCUT2D eigenvalue weighted by atomic mass is 16.5. The Balaban J connectivity index is 0.985. The van der Waals surface area contributed by atoms with E-state index in [9.17, 15) is 43.5 Å². The molecule has 5 aromatic rings. The highest BCUT2D eigenvalue weighted by Crippen LogP contribution is 2.36. The maximum atomic E-state index is 14.2. The molecule has 0 saturated carbocycles. The first-order chi connectivity index (χ1) is 37.8. The molecule has 0 radical (unpaired) electrons. The van der Waals surface area contributed by atoms with Crippen molar-refractivity contribution in [2.45, 2.75) is 105 Å². The van der Waals surface area contributed by atoms with Gasteiger partial charge >= 0.3 is 12.1 Å². The SMILES string of the molecule is CNC(C(=O)NC(C(=O)N(C)C/C=C(\C)C(=O)O)C(C)(C)C)C(C)(C)c1cn(C)c2ccc(NC(=O)OCc3ccc(NC(=O)CNC(=O)C(NC(=O)CCC(=O)N4Cc5ccccc5C#Cc5ccccc54)C(C)C)cc3)cc12. The molecule has 6 rings (SSSR count). The summed E-state index contributed by atoms with van der Waals surface area (Å²) in [5.41, 5.74) is 4.72. The van der Waals surface area contributed by atoms with Crippen LogP contribution >= 0.6 is 0 Å². The maximum Gasteiger partial charge on any atom is 0.411 e. The zero-order chi connectivity index (χ0) is 58.6.